The summed E-state index contributed by atoms with van der Waals surface area (Å²) in [4.78, 5) is 23.0. The maximum Gasteiger partial charge on any atom is 0.319 e. The van der Waals surface area contributed by atoms with Crippen LogP contribution in [0.3, 0.4) is 0 Å². The molecule has 0 radical (unpaired) electrons. The van der Waals surface area contributed by atoms with Crippen LogP contribution in [0, 0.1) is 5.41 Å². The van der Waals surface area contributed by atoms with Crippen molar-refractivity contribution in [3.05, 3.63) is 12.4 Å². The maximum atomic E-state index is 11.8. The Kier molecular flexibility index (Phi) is 3.43. The molecule has 2 unspecified atom stereocenters. The number of rotatable bonds is 3. The summed E-state index contributed by atoms with van der Waals surface area (Å²) in [5.41, 5.74) is -0.567. The van der Waals surface area contributed by atoms with Gasteiger partial charge in [0.1, 0.15) is 5.41 Å². The molecule has 1 aliphatic rings. The van der Waals surface area contributed by atoms with Gasteiger partial charge in [-0.25, -0.2) is 4.79 Å². The molecule has 0 bridgehead atoms. The highest BCUT2D eigenvalue weighted by Gasteiger charge is 2.47. The molecule has 2 rings (SSSR count). The number of nitrogens with zero attached hydrogens (tertiary/aromatic N) is 2. The lowest BCUT2D eigenvalue weighted by Gasteiger charge is -2.25. The number of aliphatic carboxylic acids is 1. The van der Waals surface area contributed by atoms with Crippen LogP contribution >= 0.6 is 0 Å². The van der Waals surface area contributed by atoms with Crippen molar-refractivity contribution >= 4 is 17.7 Å². The molecule has 19 heavy (non-hydrogen) atoms. The minimum atomic E-state index is -1.10. The molecule has 0 aliphatic carbocycles. The topological polar surface area (TPSA) is 105 Å². The molecular weight excluding hydrogens is 252 g/mol. The van der Waals surface area contributed by atoms with E-state index in [1.54, 1.807) is 24.9 Å². The first-order chi connectivity index (χ1) is 8.91. The lowest BCUT2D eigenvalue weighted by atomic mass is 9.85. The van der Waals surface area contributed by atoms with Crippen molar-refractivity contribution in [3.63, 3.8) is 0 Å². The zero-order valence-electron chi connectivity index (χ0n) is 10.7. The van der Waals surface area contributed by atoms with Crippen molar-refractivity contribution in [1.82, 2.24) is 15.1 Å². The van der Waals surface area contributed by atoms with Gasteiger partial charge in [0.15, 0.2) is 0 Å². The van der Waals surface area contributed by atoms with Crippen LogP contribution in [0.1, 0.15) is 6.92 Å². The molecule has 1 aromatic rings. The molecule has 8 nitrogen and oxygen atoms in total. The average molecular weight is 268 g/mol. The first-order valence-corrected chi connectivity index (χ1v) is 5.79. The number of aryl methyl sites for hydroxylation is 1. The first-order valence-electron chi connectivity index (χ1n) is 5.79. The molecule has 104 valence electrons. The lowest BCUT2D eigenvalue weighted by molar-refractivity contribution is -0.148. The Morgan fingerprint density at radius 3 is 2.95 bits per heavy atom. The molecule has 1 fully saturated rings. The van der Waals surface area contributed by atoms with Gasteiger partial charge in [0.2, 0.25) is 0 Å². The maximum absolute atomic E-state index is 11.8. The third-order valence-electron chi connectivity index (χ3n) is 3.21. The second-order valence-electron chi connectivity index (χ2n) is 4.79. The molecule has 2 atom stereocenters. The molecule has 8 heteroatoms. The van der Waals surface area contributed by atoms with Crippen LogP contribution in [-0.4, -0.2) is 46.1 Å². The monoisotopic (exact) mass is 268 g/mol. The summed E-state index contributed by atoms with van der Waals surface area (Å²) in [5, 5.41) is 18.3. The Labute approximate surface area is 109 Å². The molecule has 0 spiro atoms. The largest absolute Gasteiger partial charge is 0.481 e. The number of amides is 2. The van der Waals surface area contributed by atoms with E-state index in [9.17, 15) is 14.7 Å². The van der Waals surface area contributed by atoms with Gasteiger partial charge in [-0.15, -0.1) is 0 Å². The predicted molar refractivity (Wildman–Crippen MR) is 65.7 cm³/mol. The molecular formula is C11H16N4O4. The highest BCUT2D eigenvalue weighted by Crippen LogP contribution is 2.28. The van der Waals surface area contributed by atoms with E-state index in [4.69, 9.17) is 4.74 Å². The Morgan fingerprint density at radius 2 is 2.37 bits per heavy atom. The Balaban J connectivity index is 1.97. The normalized spacial score (nSPS) is 26.1. The molecule has 3 N–H and O–H groups in total. The third-order valence-corrected chi connectivity index (χ3v) is 3.21. The van der Waals surface area contributed by atoms with E-state index in [0.717, 1.165) is 0 Å². The number of hydrogen-bond donors (Lipinski definition) is 3. The van der Waals surface area contributed by atoms with Crippen molar-refractivity contribution in [3.8, 4) is 0 Å². The fourth-order valence-electron chi connectivity index (χ4n) is 1.90. The van der Waals surface area contributed by atoms with Gasteiger partial charge in [-0.05, 0) is 6.92 Å². The quantitative estimate of drug-likeness (QED) is 0.717. The second kappa shape index (κ2) is 4.88. The molecule has 0 aromatic carbocycles. The number of carbonyl (C=O) groups excluding carboxylic acids is 1. The van der Waals surface area contributed by atoms with Crippen LogP contribution in [0.2, 0.25) is 0 Å². The molecule has 0 saturated carbocycles. The Bertz CT molecular complexity index is 501. The average Bonchev–Trinajstić information content (AvgIpc) is 2.87. The summed E-state index contributed by atoms with van der Waals surface area (Å²) in [5.74, 6) is -0.989. The number of anilines is 1. The van der Waals surface area contributed by atoms with Gasteiger partial charge < -0.3 is 20.5 Å². The Hall–Kier alpha value is -2.09. The van der Waals surface area contributed by atoms with Gasteiger partial charge in [0, 0.05) is 13.2 Å². The highest BCUT2D eigenvalue weighted by molar-refractivity contribution is 5.90. The van der Waals surface area contributed by atoms with E-state index in [0.29, 0.717) is 5.69 Å². The van der Waals surface area contributed by atoms with Crippen LogP contribution in [0.25, 0.3) is 0 Å². The van der Waals surface area contributed by atoms with Crippen molar-refractivity contribution in [1.29, 1.82) is 0 Å². The second-order valence-corrected chi connectivity index (χ2v) is 4.79. The first kappa shape index (κ1) is 13.3. The van der Waals surface area contributed by atoms with E-state index in [1.807, 2.05) is 0 Å². The molecule has 2 amide bonds. The van der Waals surface area contributed by atoms with Gasteiger partial charge in [0.25, 0.3) is 0 Å². The SMILES string of the molecule is Cn1cc(NC(=O)NC2COCC2(C)C(=O)O)cn1. The highest BCUT2D eigenvalue weighted by atomic mass is 16.5. The van der Waals surface area contributed by atoms with E-state index >= 15 is 0 Å². The summed E-state index contributed by atoms with van der Waals surface area (Å²) in [7, 11) is 1.73. The van der Waals surface area contributed by atoms with Gasteiger partial charge in [-0.3, -0.25) is 9.48 Å². The number of carbonyl (C=O) groups is 2. The third kappa shape index (κ3) is 2.68. The Morgan fingerprint density at radius 1 is 1.63 bits per heavy atom. The van der Waals surface area contributed by atoms with Crippen LogP contribution in [0.4, 0.5) is 10.5 Å². The van der Waals surface area contributed by atoms with Crippen molar-refractivity contribution < 1.29 is 19.4 Å². The van der Waals surface area contributed by atoms with Crippen molar-refractivity contribution in [2.24, 2.45) is 12.5 Å². The van der Waals surface area contributed by atoms with E-state index in [-0.39, 0.29) is 13.2 Å². The van der Waals surface area contributed by atoms with Gasteiger partial charge >= 0.3 is 12.0 Å². The predicted octanol–water partition coefficient (Wildman–Crippen LogP) is 0.0313. The fourth-order valence-corrected chi connectivity index (χ4v) is 1.90. The molecule has 1 saturated heterocycles. The molecule has 2 heterocycles. The zero-order chi connectivity index (χ0) is 14.0. The number of carboxylic acid groups (broad SMARTS) is 1. The summed E-state index contributed by atoms with van der Waals surface area (Å²) in [6, 6.07) is -1.04. The summed E-state index contributed by atoms with van der Waals surface area (Å²) in [6.07, 6.45) is 3.14. The number of nitrogens with one attached hydrogen (secondary N) is 2. The molecule has 1 aliphatic heterocycles. The number of urea groups is 1. The summed E-state index contributed by atoms with van der Waals surface area (Å²) in [6.45, 7) is 1.82. The number of ether oxygens (including phenoxy) is 1. The van der Waals surface area contributed by atoms with Crippen LogP contribution < -0.4 is 10.6 Å². The van der Waals surface area contributed by atoms with E-state index < -0.39 is 23.5 Å². The van der Waals surface area contributed by atoms with Gasteiger partial charge in [-0.1, -0.05) is 0 Å². The number of hydrogen-bond acceptors (Lipinski definition) is 4. The zero-order valence-corrected chi connectivity index (χ0v) is 10.7. The minimum Gasteiger partial charge on any atom is -0.481 e. The van der Waals surface area contributed by atoms with E-state index in [1.165, 1.54) is 6.20 Å². The van der Waals surface area contributed by atoms with Gasteiger partial charge in [0.05, 0.1) is 31.1 Å². The van der Waals surface area contributed by atoms with Gasteiger partial charge in [-0.2, -0.15) is 5.10 Å². The van der Waals surface area contributed by atoms with Crippen LogP contribution in [0.5, 0.6) is 0 Å². The summed E-state index contributed by atoms with van der Waals surface area (Å²) < 4.78 is 6.70. The summed E-state index contributed by atoms with van der Waals surface area (Å²) >= 11 is 0. The minimum absolute atomic E-state index is 0.0835. The van der Waals surface area contributed by atoms with Crippen LogP contribution in [0.15, 0.2) is 12.4 Å². The smallest absolute Gasteiger partial charge is 0.319 e. The van der Waals surface area contributed by atoms with Crippen molar-refractivity contribution in [2.45, 2.75) is 13.0 Å². The van der Waals surface area contributed by atoms with Crippen LogP contribution in [-0.2, 0) is 16.6 Å². The fraction of sp³-hybridized carbons (Fsp3) is 0.545. The van der Waals surface area contributed by atoms with E-state index in [2.05, 4.69) is 15.7 Å². The number of aromatic nitrogens is 2. The number of carboxylic acids is 1. The van der Waals surface area contributed by atoms with Crippen molar-refractivity contribution in [2.75, 3.05) is 18.5 Å². The molecule has 1 aromatic heterocycles. The standard InChI is InChI=1S/C11H16N4O4/c1-11(9(16)17)6-19-5-8(11)14-10(18)13-7-3-12-15(2)4-7/h3-4,8H,5-6H2,1-2H3,(H,16,17)(H2,13,14,18). The lowest BCUT2D eigenvalue weighted by Crippen LogP contribution is -2.50.